The Labute approximate surface area is 95.7 Å². The maximum absolute atomic E-state index is 5.75. The van der Waals surface area contributed by atoms with Crippen molar-refractivity contribution in [2.24, 2.45) is 5.73 Å². The van der Waals surface area contributed by atoms with Gasteiger partial charge in [-0.3, -0.25) is 5.10 Å². The third-order valence-corrected chi connectivity index (χ3v) is 2.92. The molecule has 0 radical (unpaired) electrons. The predicted molar refractivity (Wildman–Crippen MR) is 66.1 cm³/mol. The number of nitrogens with one attached hydrogen (secondary N) is 1. The summed E-state index contributed by atoms with van der Waals surface area (Å²) in [7, 11) is 0. The number of aromatic nitrogens is 2. The molecule has 3 heteroatoms. The molecular weight excluding hydrogens is 198 g/mol. The van der Waals surface area contributed by atoms with Crippen LogP contribution >= 0.6 is 0 Å². The minimum Gasteiger partial charge on any atom is -0.326 e. The first-order chi connectivity index (χ1) is 7.63. The number of nitrogens with zero attached hydrogens (tertiary/aromatic N) is 1. The molecule has 1 aromatic carbocycles. The highest BCUT2D eigenvalue weighted by molar-refractivity contribution is 5.67. The molecule has 0 aliphatic heterocycles. The molecule has 0 aliphatic carbocycles. The molecule has 0 saturated heterocycles. The average molecular weight is 215 g/mol. The smallest absolute Gasteiger partial charge is 0.0970 e. The SMILES string of the molecule is Cc1ccc(-c2n[nH]c(C)c2CN)c(C)c1. The Hall–Kier alpha value is -1.61. The van der Waals surface area contributed by atoms with Gasteiger partial charge in [0.2, 0.25) is 0 Å². The summed E-state index contributed by atoms with van der Waals surface area (Å²) in [4.78, 5) is 0. The third kappa shape index (κ3) is 1.74. The largest absolute Gasteiger partial charge is 0.326 e. The highest BCUT2D eigenvalue weighted by Crippen LogP contribution is 2.26. The van der Waals surface area contributed by atoms with Crippen LogP contribution in [0.3, 0.4) is 0 Å². The Morgan fingerprint density at radius 3 is 2.62 bits per heavy atom. The average Bonchev–Trinajstić information content (AvgIpc) is 2.59. The van der Waals surface area contributed by atoms with Gasteiger partial charge < -0.3 is 5.73 Å². The fourth-order valence-electron chi connectivity index (χ4n) is 2.00. The quantitative estimate of drug-likeness (QED) is 0.808. The van der Waals surface area contributed by atoms with Crippen LogP contribution in [0.1, 0.15) is 22.4 Å². The van der Waals surface area contributed by atoms with Crippen LogP contribution < -0.4 is 5.73 Å². The van der Waals surface area contributed by atoms with Gasteiger partial charge in [0.15, 0.2) is 0 Å². The molecule has 0 saturated carbocycles. The van der Waals surface area contributed by atoms with E-state index >= 15 is 0 Å². The van der Waals surface area contributed by atoms with E-state index in [2.05, 4.69) is 42.2 Å². The summed E-state index contributed by atoms with van der Waals surface area (Å²) in [6.45, 7) is 6.72. The summed E-state index contributed by atoms with van der Waals surface area (Å²) < 4.78 is 0. The van der Waals surface area contributed by atoms with Crippen LogP contribution in [-0.2, 0) is 6.54 Å². The van der Waals surface area contributed by atoms with Crippen molar-refractivity contribution in [3.63, 3.8) is 0 Å². The monoisotopic (exact) mass is 215 g/mol. The van der Waals surface area contributed by atoms with Crippen LogP contribution in [0.15, 0.2) is 18.2 Å². The van der Waals surface area contributed by atoms with Crippen LogP contribution in [0, 0.1) is 20.8 Å². The first-order valence-electron chi connectivity index (χ1n) is 5.45. The molecule has 0 unspecified atom stereocenters. The third-order valence-electron chi connectivity index (χ3n) is 2.92. The molecule has 0 amide bonds. The van der Waals surface area contributed by atoms with E-state index in [1.807, 2.05) is 6.92 Å². The molecule has 0 fully saturated rings. The lowest BCUT2D eigenvalue weighted by Gasteiger charge is -2.06. The number of aryl methyl sites for hydroxylation is 3. The van der Waals surface area contributed by atoms with Crippen molar-refractivity contribution in [2.75, 3.05) is 0 Å². The van der Waals surface area contributed by atoms with Crippen LogP contribution in [0.4, 0.5) is 0 Å². The van der Waals surface area contributed by atoms with E-state index in [1.54, 1.807) is 0 Å². The number of H-pyrrole nitrogens is 1. The molecule has 3 N–H and O–H groups in total. The molecule has 0 aliphatic rings. The Balaban J connectivity index is 2.58. The molecule has 16 heavy (non-hydrogen) atoms. The summed E-state index contributed by atoms with van der Waals surface area (Å²) in [6.07, 6.45) is 0. The van der Waals surface area contributed by atoms with Gasteiger partial charge in [-0.2, -0.15) is 5.10 Å². The van der Waals surface area contributed by atoms with E-state index in [1.165, 1.54) is 11.1 Å². The summed E-state index contributed by atoms with van der Waals surface area (Å²) in [5.74, 6) is 0. The first-order valence-corrected chi connectivity index (χ1v) is 5.45. The van der Waals surface area contributed by atoms with E-state index in [9.17, 15) is 0 Å². The van der Waals surface area contributed by atoms with Gasteiger partial charge in [0, 0.05) is 23.4 Å². The highest BCUT2D eigenvalue weighted by Gasteiger charge is 2.12. The second kappa shape index (κ2) is 4.10. The zero-order valence-corrected chi connectivity index (χ0v) is 9.96. The number of nitrogens with two attached hydrogens (primary N) is 1. The van der Waals surface area contributed by atoms with Gasteiger partial charge in [0.1, 0.15) is 0 Å². The van der Waals surface area contributed by atoms with Crippen molar-refractivity contribution in [3.8, 4) is 11.3 Å². The van der Waals surface area contributed by atoms with Crippen LogP contribution in [0.5, 0.6) is 0 Å². The Morgan fingerprint density at radius 2 is 2.00 bits per heavy atom. The van der Waals surface area contributed by atoms with Crippen molar-refractivity contribution >= 4 is 0 Å². The van der Waals surface area contributed by atoms with Crippen LogP contribution in [0.2, 0.25) is 0 Å². The van der Waals surface area contributed by atoms with Crippen molar-refractivity contribution < 1.29 is 0 Å². The summed E-state index contributed by atoms with van der Waals surface area (Å²) in [5, 5.41) is 7.34. The van der Waals surface area contributed by atoms with Crippen molar-refractivity contribution in [1.82, 2.24) is 10.2 Å². The molecule has 0 bridgehead atoms. The van der Waals surface area contributed by atoms with Crippen LogP contribution in [-0.4, -0.2) is 10.2 Å². The molecule has 2 rings (SSSR count). The molecule has 2 aromatic rings. The van der Waals surface area contributed by atoms with Gasteiger partial charge in [-0.25, -0.2) is 0 Å². The standard InChI is InChI=1S/C13H17N3/c1-8-4-5-11(9(2)6-8)13-12(7-14)10(3)15-16-13/h4-6H,7,14H2,1-3H3,(H,15,16). The van der Waals surface area contributed by atoms with Gasteiger partial charge in [0.25, 0.3) is 0 Å². The molecule has 1 aromatic heterocycles. The second-order valence-electron chi connectivity index (χ2n) is 4.20. The topological polar surface area (TPSA) is 54.7 Å². The first kappa shape index (κ1) is 10.9. The molecule has 84 valence electrons. The maximum atomic E-state index is 5.75. The molecule has 0 spiro atoms. The fourth-order valence-corrected chi connectivity index (χ4v) is 2.00. The minimum atomic E-state index is 0.519. The van der Waals surface area contributed by atoms with Crippen molar-refractivity contribution in [2.45, 2.75) is 27.3 Å². The normalized spacial score (nSPS) is 10.8. The molecular formula is C13H17N3. The van der Waals surface area contributed by atoms with E-state index < -0.39 is 0 Å². The van der Waals surface area contributed by atoms with Crippen LogP contribution in [0.25, 0.3) is 11.3 Å². The summed E-state index contributed by atoms with van der Waals surface area (Å²) in [5.41, 5.74) is 12.6. The zero-order valence-electron chi connectivity index (χ0n) is 9.96. The van der Waals surface area contributed by atoms with Crippen molar-refractivity contribution in [3.05, 3.63) is 40.6 Å². The zero-order chi connectivity index (χ0) is 11.7. The van der Waals surface area contributed by atoms with Gasteiger partial charge in [-0.1, -0.05) is 23.8 Å². The Morgan fingerprint density at radius 1 is 1.25 bits per heavy atom. The van der Waals surface area contributed by atoms with E-state index in [4.69, 9.17) is 5.73 Å². The van der Waals surface area contributed by atoms with E-state index in [-0.39, 0.29) is 0 Å². The van der Waals surface area contributed by atoms with Crippen molar-refractivity contribution in [1.29, 1.82) is 0 Å². The number of rotatable bonds is 2. The lowest BCUT2D eigenvalue weighted by atomic mass is 10.00. The number of benzene rings is 1. The number of aromatic amines is 1. The summed E-state index contributed by atoms with van der Waals surface area (Å²) in [6, 6.07) is 6.38. The second-order valence-corrected chi connectivity index (χ2v) is 4.20. The summed E-state index contributed by atoms with van der Waals surface area (Å²) >= 11 is 0. The Bertz CT molecular complexity index is 512. The van der Waals surface area contributed by atoms with Gasteiger partial charge >= 0.3 is 0 Å². The van der Waals surface area contributed by atoms with E-state index in [0.717, 1.165) is 22.5 Å². The number of hydrogen-bond acceptors (Lipinski definition) is 2. The fraction of sp³-hybridized carbons (Fsp3) is 0.308. The predicted octanol–water partition coefficient (Wildman–Crippen LogP) is 2.46. The number of hydrogen-bond donors (Lipinski definition) is 2. The lowest BCUT2D eigenvalue weighted by Crippen LogP contribution is -1.99. The highest BCUT2D eigenvalue weighted by atomic mass is 15.1. The van der Waals surface area contributed by atoms with E-state index in [0.29, 0.717) is 6.54 Å². The molecule has 0 atom stereocenters. The van der Waals surface area contributed by atoms with Gasteiger partial charge in [-0.05, 0) is 26.3 Å². The van der Waals surface area contributed by atoms with Gasteiger partial charge in [-0.15, -0.1) is 0 Å². The maximum Gasteiger partial charge on any atom is 0.0970 e. The minimum absolute atomic E-state index is 0.519. The van der Waals surface area contributed by atoms with Gasteiger partial charge in [0.05, 0.1) is 5.69 Å². The Kier molecular flexibility index (Phi) is 2.79. The molecule has 1 heterocycles. The molecule has 3 nitrogen and oxygen atoms in total. The lowest BCUT2D eigenvalue weighted by molar-refractivity contribution is 1.02.